The molecule has 22 heteroatoms. The van der Waals surface area contributed by atoms with E-state index in [1.54, 1.807) is 66.7 Å². The summed E-state index contributed by atoms with van der Waals surface area (Å²) in [7, 11) is 0. The van der Waals surface area contributed by atoms with Gasteiger partial charge in [-0.25, -0.2) is 14.4 Å². The van der Waals surface area contributed by atoms with Crippen LogP contribution in [0.3, 0.4) is 0 Å². The number of rotatable bonds is 15. The average Bonchev–Trinajstić information content (AvgIpc) is 3.56. The van der Waals surface area contributed by atoms with Crippen molar-refractivity contribution < 1.29 is 102 Å². The van der Waals surface area contributed by atoms with E-state index in [9.17, 15) is 59.4 Å². The Balaban J connectivity index is 1.26. The number of carbonyl (C=O) groups excluding carboxylic acids is 7. The Morgan fingerprint density at radius 3 is 1.97 bits per heavy atom. The molecule has 0 unspecified atom stereocenters. The van der Waals surface area contributed by atoms with Gasteiger partial charge in [-0.1, -0.05) is 80.6 Å². The highest BCUT2D eigenvalue weighted by Crippen LogP contribution is 2.65. The molecule has 3 aromatic rings. The second kappa shape index (κ2) is 22.1. The highest BCUT2D eigenvalue weighted by molar-refractivity contribution is 5.96. The van der Waals surface area contributed by atoms with Gasteiger partial charge in [-0.15, -0.1) is 0 Å². The fraction of sp³-hybridized carbons (Fsp3) is 0.509. The third kappa shape index (κ3) is 10.3. The van der Waals surface area contributed by atoms with Crippen LogP contribution < -0.4 is 5.32 Å². The van der Waals surface area contributed by atoms with Gasteiger partial charge < -0.3 is 73.9 Å². The van der Waals surface area contributed by atoms with Crippen molar-refractivity contribution in [1.29, 1.82) is 0 Å². The van der Waals surface area contributed by atoms with Crippen molar-refractivity contribution in [3.8, 4) is 0 Å². The molecule has 8 rings (SSSR count). The van der Waals surface area contributed by atoms with Crippen LogP contribution in [0.5, 0.6) is 0 Å². The maximum absolute atomic E-state index is 16.3. The molecule has 3 aromatic carbocycles. The number of Topliss-reactive ketones (excluding diaryl/α,β-unsaturated/α-hetero) is 1. The number of carbonyl (C=O) groups is 7. The van der Waals surface area contributed by atoms with E-state index in [1.165, 1.54) is 52.0 Å². The molecule has 0 aromatic heterocycles. The van der Waals surface area contributed by atoms with Gasteiger partial charge in [0, 0.05) is 37.7 Å². The Morgan fingerprint density at radius 2 is 1.40 bits per heavy atom. The highest BCUT2D eigenvalue weighted by atomic mass is 16.7. The molecule has 2 bridgehead atoms. The standard InChI is InChI=1S/C55H63NO21/c1-27-33(73-50(68)41(62)39(30-16-10-7-11-17-30)56-48(66)31-18-12-8-13-19-31)23-55(69)47(76-49(67)32-20-14-9-15-21-32)45-53(6,46(65)44(72-28(2)58)38(27)52(55,4)5)35(22-36-54(45,26-71-36)77-29(3)59)75-37(60)25-70-51-43(64)42(63)40(61)34(24-57)74-51/h7-21,33-36,39-45,47,51,57,61-64,69H,22-26H2,1-6H3,(H,56,66)/t33-,34+,35-,36+,39-,40+,41+,42-,43+,44+,45-,47-,51+,53+,54-,55+/m0/s1. The Bertz CT molecular complexity index is 2750. The number of ether oxygens (including phenoxy) is 8. The van der Waals surface area contributed by atoms with Crippen molar-refractivity contribution in [2.45, 2.75) is 139 Å². The second-order valence-corrected chi connectivity index (χ2v) is 20.8. The van der Waals surface area contributed by atoms with E-state index in [1.807, 2.05) is 0 Å². The summed E-state index contributed by atoms with van der Waals surface area (Å²) in [5.41, 5.74) is -8.35. The first-order valence-corrected chi connectivity index (χ1v) is 25.0. The molecule has 2 heterocycles. The van der Waals surface area contributed by atoms with Crippen molar-refractivity contribution in [2.75, 3.05) is 19.8 Å². The van der Waals surface area contributed by atoms with Crippen LogP contribution in [0.2, 0.25) is 0 Å². The lowest BCUT2D eigenvalue weighted by molar-refractivity contribution is -0.347. The molecule has 77 heavy (non-hydrogen) atoms. The fourth-order valence-corrected chi connectivity index (χ4v) is 11.9. The Morgan fingerprint density at radius 1 is 0.792 bits per heavy atom. The molecular formula is C55H63NO21. The van der Waals surface area contributed by atoms with E-state index in [0.717, 1.165) is 13.8 Å². The molecule has 16 atom stereocenters. The van der Waals surface area contributed by atoms with Gasteiger partial charge in [0.25, 0.3) is 5.91 Å². The summed E-state index contributed by atoms with van der Waals surface area (Å²) in [6.45, 7) is 5.51. The zero-order valence-corrected chi connectivity index (χ0v) is 43.0. The minimum atomic E-state index is -2.58. The molecule has 3 aliphatic carbocycles. The van der Waals surface area contributed by atoms with Crippen LogP contribution in [0.1, 0.15) is 86.7 Å². The number of fused-ring (bicyclic) bond motifs is 5. The minimum Gasteiger partial charge on any atom is -0.459 e. The third-order valence-corrected chi connectivity index (χ3v) is 15.9. The van der Waals surface area contributed by atoms with Crippen LogP contribution in [-0.4, -0.2) is 171 Å². The van der Waals surface area contributed by atoms with Crippen molar-refractivity contribution >= 4 is 41.5 Å². The van der Waals surface area contributed by atoms with Gasteiger partial charge in [0.15, 0.2) is 29.9 Å². The maximum Gasteiger partial charge on any atom is 0.338 e. The summed E-state index contributed by atoms with van der Waals surface area (Å²) in [4.78, 5) is 99.9. The summed E-state index contributed by atoms with van der Waals surface area (Å²) in [6, 6.07) is 22.2. The Hall–Kier alpha value is -6.47. The average molecular weight is 1070 g/mol. The van der Waals surface area contributed by atoms with Gasteiger partial charge >= 0.3 is 29.8 Å². The van der Waals surface area contributed by atoms with E-state index >= 15 is 4.79 Å². The van der Waals surface area contributed by atoms with Crippen molar-refractivity contribution in [3.63, 3.8) is 0 Å². The zero-order valence-electron chi connectivity index (χ0n) is 43.0. The molecule has 0 spiro atoms. The quantitative estimate of drug-likeness (QED) is 0.0637. The summed E-state index contributed by atoms with van der Waals surface area (Å²) < 4.78 is 47.8. The largest absolute Gasteiger partial charge is 0.459 e. The lowest BCUT2D eigenvalue weighted by Gasteiger charge is -2.67. The van der Waals surface area contributed by atoms with E-state index in [0.29, 0.717) is 5.56 Å². The molecule has 7 N–H and O–H groups in total. The smallest absolute Gasteiger partial charge is 0.338 e. The Kier molecular flexibility index (Phi) is 16.3. The number of amides is 1. The molecule has 5 aliphatic rings. The van der Waals surface area contributed by atoms with Gasteiger partial charge in [-0.05, 0) is 54.8 Å². The summed E-state index contributed by atoms with van der Waals surface area (Å²) >= 11 is 0. The predicted octanol–water partition coefficient (Wildman–Crippen LogP) is 1.10. The molecule has 1 amide bonds. The van der Waals surface area contributed by atoms with Crippen LogP contribution in [0.25, 0.3) is 0 Å². The van der Waals surface area contributed by atoms with E-state index < -0.39 is 176 Å². The van der Waals surface area contributed by atoms with Crippen LogP contribution in [-0.2, 0) is 61.9 Å². The van der Waals surface area contributed by atoms with Gasteiger partial charge in [0.2, 0.25) is 0 Å². The molecule has 0 radical (unpaired) electrons. The first-order chi connectivity index (χ1) is 36.4. The van der Waals surface area contributed by atoms with Gasteiger partial charge in [-0.2, -0.15) is 0 Å². The Labute approximate surface area is 442 Å². The SMILES string of the molecule is CC(=O)O[C@H]1C(=O)[C@]2(C)[C@@H](OC(=O)CO[C@@H]3O[C@H](CO)[C@@H](O)[C@H](O)[C@H]3O)C[C@H]3OC[C@@]3(OC(C)=O)[C@H]2[C@H](OC(=O)c2ccccc2)[C@]2(O)C[C@H](OC(=O)[C@H](O)[C@@H](NC(=O)c3ccccc3)c3ccccc3)C(C)=C1C2(C)C. The van der Waals surface area contributed by atoms with Crippen LogP contribution in [0, 0.1) is 16.7 Å². The first-order valence-electron chi connectivity index (χ1n) is 25.0. The summed E-state index contributed by atoms with van der Waals surface area (Å²) in [6.07, 6.45) is -20.6. The molecule has 22 nitrogen and oxygen atoms in total. The number of nitrogens with one attached hydrogen (secondary N) is 1. The summed E-state index contributed by atoms with van der Waals surface area (Å²) in [5, 5.41) is 69.7. The van der Waals surface area contributed by atoms with Gasteiger partial charge in [0.1, 0.15) is 61.0 Å². The van der Waals surface area contributed by atoms with Gasteiger partial charge in [-0.3, -0.25) is 19.2 Å². The molecule has 2 saturated heterocycles. The molecule has 2 saturated carbocycles. The van der Waals surface area contributed by atoms with E-state index in [2.05, 4.69) is 5.32 Å². The van der Waals surface area contributed by atoms with E-state index in [-0.39, 0.29) is 22.3 Å². The van der Waals surface area contributed by atoms with Crippen molar-refractivity contribution in [3.05, 3.63) is 119 Å². The highest BCUT2D eigenvalue weighted by Gasteiger charge is 2.79. The third-order valence-electron chi connectivity index (χ3n) is 15.9. The number of esters is 5. The first kappa shape index (κ1) is 56.7. The predicted molar refractivity (Wildman–Crippen MR) is 261 cm³/mol. The number of ketones is 1. The second-order valence-electron chi connectivity index (χ2n) is 20.8. The lowest BCUT2D eigenvalue weighted by atomic mass is 9.44. The lowest BCUT2D eigenvalue weighted by Crippen LogP contribution is -2.82. The maximum atomic E-state index is 16.3. The number of hydrogen-bond donors (Lipinski definition) is 7. The molecule has 4 fully saturated rings. The topological polar surface area (TPSA) is 327 Å². The monoisotopic (exact) mass is 1070 g/mol. The van der Waals surface area contributed by atoms with Crippen LogP contribution in [0.4, 0.5) is 0 Å². The van der Waals surface area contributed by atoms with Crippen LogP contribution >= 0.6 is 0 Å². The van der Waals surface area contributed by atoms with Crippen LogP contribution in [0.15, 0.2) is 102 Å². The fourth-order valence-electron chi connectivity index (χ4n) is 11.9. The number of benzene rings is 3. The van der Waals surface area contributed by atoms with Crippen molar-refractivity contribution in [1.82, 2.24) is 5.32 Å². The normalized spacial score (nSPS) is 33.9. The molecule has 414 valence electrons. The summed E-state index contributed by atoms with van der Waals surface area (Å²) in [5.74, 6) is -8.96. The molecule has 2 aliphatic heterocycles. The number of aliphatic hydroxyl groups excluding tert-OH is 5. The van der Waals surface area contributed by atoms with Gasteiger partial charge in [0.05, 0.1) is 36.2 Å². The minimum absolute atomic E-state index is 0.0350. The van der Waals surface area contributed by atoms with E-state index in [4.69, 9.17) is 37.9 Å². The number of aliphatic hydroxyl groups is 6. The van der Waals surface area contributed by atoms with Crippen molar-refractivity contribution in [2.24, 2.45) is 16.7 Å². The molecular weight excluding hydrogens is 1010 g/mol. The number of hydrogen-bond acceptors (Lipinski definition) is 21. The zero-order chi connectivity index (χ0) is 55.9.